The molecule has 1 heterocycles. The van der Waals surface area contributed by atoms with E-state index in [1.807, 2.05) is 13.8 Å². The van der Waals surface area contributed by atoms with Crippen molar-refractivity contribution in [1.82, 2.24) is 4.89 Å². The fraction of sp³-hybridized carbons (Fsp3) is 0.308. The van der Waals surface area contributed by atoms with Gasteiger partial charge in [-0.2, -0.15) is 0 Å². The number of hydrogen-bond donors (Lipinski definition) is 1. The summed E-state index contributed by atoms with van der Waals surface area (Å²) in [6, 6.07) is 6.95. The molecule has 1 N–H and O–H groups in total. The summed E-state index contributed by atoms with van der Waals surface area (Å²) in [5.74, 6) is 0.212. The van der Waals surface area contributed by atoms with Crippen molar-refractivity contribution in [2.75, 3.05) is 6.61 Å². The van der Waals surface area contributed by atoms with Crippen molar-refractivity contribution < 1.29 is 17.7 Å². The molecule has 6 nitrogen and oxygen atoms in total. The Labute approximate surface area is 116 Å². The van der Waals surface area contributed by atoms with E-state index >= 15 is 0 Å². The Morgan fingerprint density at radius 1 is 1.25 bits per heavy atom. The molecule has 7 heteroatoms. The van der Waals surface area contributed by atoms with E-state index in [1.54, 1.807) is 0 Å². The lowest BCUT2D eigenvalue weighted by Gasteiger charge is -2.09. The molecule has 0 amide bonds. The van der Waals surface area contributed by atoms with Crippen LogP contribution in [0.15, 0.2) is 44.4 Å². The molecule has 2 rings (SSSR count). The predicted molar refractivity (Wildman–Crippen MR) is 73.6 cm³/mol. The van der Waals surface area contributed by atoms with E-state index in [-0.39, 0.29) is 17.4 Å². The SMILES string of the molecule is CC(C)CONS(=O)(=O)c1ccc2oc(=O)ccc2c1. The van der Waals surface area contributed by atoms with E-state index in [1.165, 1.54) is 30.3 Å². The van der Waals surface area contributed by atoms with Crippen LogP contribution in [-0.2, 0) is 14.9 Å². The summed E-state index contributed by atoms with van der Waals surface area (Å²) >= 11 is 0. The molecule has 0 aliphatic heterocycles. The maximum Gasteiger partial charge on any atom is 0.336 e. The van der Waals surface area contributed by atoms with Gasteiger partial charge in [-0.05, 0) is 30.2 Å². The van der Waals surface area contributed by atoms with E-state index < -0.39 is 15.6 Å². The molecule has 0 spiro atoms. The Morgan fingerprint density at radius 2 is 2.00 bits per heavy atom. The Hall–Kier alpha value is -1.70. The van der Waals surface area contributed by atoms with Crippen LogP contribution in [0.4, 0.5) is 0 Å². The van der Waals surface area contributed by atoms with Gasteiger partial charge in [0, 0.05) is 11.5 Å². The molecule has 0 radical (unpaired) electrons. The molecule has 108 valence electrons. The van der Waals surface area contributed by atoms with Crippen molar-refractivity contribution in [3.63, 3.8) is 0 Å². The van der Waals surface area contributed by atoms with Gasteiger partial charge >= 0.3 is 5.63 Å². The number of rotatable bonds is 5. The highest BCUT2D eigenvalue weighted by Crippen LogP contribution is 2.17. The first-order valence-electron chi connectivity index (χ1n) is 6.06. The number of nitrogens with one attached hydrogen (secondary N) is 1. The molecule has 0 bridgehead atoms. The third kappa shape index (κ3) is 3.44. The quantitative estimate of drug-likeness (QED) is 0.670. The minimum atomic E-state index is -3.75. The number of benzene rings is 1. The molecule has 0 atom stereocenters. The summed E-state index contributed by atoms with van der Waals surface area (Å²) in [6.07, 6.45) is 0. The standard InChI is InChI=1S/C13H15NO5S/c1-9(2)8-18-14-20(16,17)11-4-5-12-10(7-11)3-6-13(15)19-12/h3-7,9,14H,8H2,1-2H3. The third-order valence-electron chi connectivity index (χ3n) is 2.49. The van der Waals surface area contributed by atoms with Gasteiger partial charge in [0.25, 0.3) is 10.0 Å². The molecule has 1 aromatic carbocycles. The van der Waals surface area contributed by atoms with Crippen molar-refractivity contribution in [1.29, 1.82) is 0 Å². The van der Waals surface area contributed by atoms with Gasteiger partial charge in [-0.3, -0.25) is 4.84 Å². The maximum atomic E-state index is 12.0. The topological polar surface area (TPSA) is 85.6 Å². The number of sulfonamides is 1. The van der Waals surface area contributed by atoms with Gasteiger partial charge in [-0.25, -0.2) is 13.2 Å². The summed E-state index contributed by atoms with van der Waals surface area (Å²) in [5, 5.41) is 0.524. The van der Waals surface area contributed by atoms with Crippen LogP contribution in [0.3, 0.4) is 0 Å². The van der Waals surface area contributed by atoms with Crippen LogP contribution < -0.4 is 10.5 Å². The number of fused-ring (bicyclic) bond motifs is 1. The normalized spacial score (nSPS) is 12.2. The molecule has 20 heavy (non-hydrogen) atoms. The molecular weight excluding hydrogens is 282 g/mol. The Balaban J connectivity index is 2.28. The highest BCUT2D eigenvalue weighted by molar-refractivity contribution is 7.89. The second kappa shape index (κ2) is 5.74. The second-order valence-corrected chi connectivity index (χ2v) is 6.39. The summed E-state index contributed by atoms with van der Waals surface area (Å²) < 4.78 is 28.9. The van der Waals surface area contributed by atoms with Gasteiger partial charge in [0.05, 0.1) is 11.5 Å². The van der Waals surface area contributed by atoms with E-state index in [4.69, 9.17) is 9.25 Å². The Kier molecular flexibility index (Phi) is 4.22. The summed E-state index contributed by atoms with van der Waals surface area (Å²) in [4.78, 5) is 18.1. The van der Waals surface area contributed by atoms with Crippen molar-refractivity contribution in [2.24, 2.45) is 5.92 Å². The van der Waals surface area contributed by atoms with Gasteiger partial charge in [0.15, 0.2) is 0 Å². The first-order valence-corrected chi connectivity index (χ1v) is 7.54. The molecule has 0 aliphatic carbocycles. The lowest BCUT2D eigenvalue weighted by atomic mass is 10.2. The second-order valence-electron chi connectivity index (χ2n) is 4.75. The Bertz CT molecular complexity index is 764. The zero-order valence-electron chi connectivity index (χ0n) is 11.1. The van der Waals surface area contributed by atoms with Gasteiger partial charge in [-0.15, -0.1) is 0 Å². The van der Waals surface area contributed by atoms with Gasteiger partial charge in [0.2, 0.25) is 0 Å². The van der Waals surface area contributed by atoms with E-state index in [2.05, 4.69) is 4.89 Å². The monoisotopic (exact) mass is 297 g/mol. The van der Waals surface area contributed by atoms with Crippen molar-refractivity contribution in [3.8, 4) is 0 Å². The molecule has 2 aromatic rings. The average Bonchev–Trinajstić information content (AvgIpc) is 2.37. The summed E-state index contributed by atoms with van der Waals surface area (Å²) in [5.41, 5.74) is -0.147. The van der Waals surface area contributed by atoms with Gasteiger partial charge in [-0.1, -0.05) is 18.7 Å². The first-order chi connectivity index (χ1) is 9.38. The minimum Gasteiger partial charge on any atom is -0.423 e. The van der Waals surface area contributed by atoms with Crippen LogP contribution in [0.2, 0.25) is 0 Å². The number of hydrogen-bond acceptors (Lipinski definition) is 5. The zero-order chi connectivity index (χ0) is 14.8. The van der Waals surface area contributed by atoms with Crippen LogP contribution in [0.25, 0.3) is 11.0 Å². The highest BCUT2D eigenvalue weighted by atomic mass is 32.2. The minimum absolute atomic E-state index is 0.0441. The predicted octanol–water partition coefficient (Wildman–Crippen LogP) is 1.66. The average molecular weight is 297 g/mol. The van der Waals surface area contributed by atoms with Crippen LogP contribution in [-0.4, -0.2) is 15.0 Å². The van der Waals surface area contributed by atoms with Crippen LogP contribution >= 0.6 is 0 Å². The molecule has 1 aromatic heterocycles. The zero-order valence-corrected chi connectivity index (χ0v) is 11.9. The summed E-state index contributed by atoms with van der Waals surface area (Å²) in [6.45, 7) is 4.10. The van der Waals surface area contributed by atoms with Crippen molar-refractivity contribution >= 4 is 21.0 Å². The summed E-state index contributed by atoms with van der Waals surface area (Å²) in [7, 11) is -3.75. The molecule has 0 saturated carbocycles. The van der Waals surface area contributed by atoms with Gasteiger partial charge in [0.1, 0.15) is 5.58 Å². The lowest BCUT2D eigenvalue weighted by molar-refractivity contribution is 0.0719. The fourth-order valence-electron chi connectivity index (χ4n) is 1.54. The molecule has 0 unspecified atom stereocenters. The largest absolute Gasteiger partial charge is 0.423 e. The van der Waals surface area contributed by atoms with Crippen LogP contribution in [0.1, 0.15) is 13.8 Å². The van der Waals surface area contributed by atoms with Crippen molar-refractivity contribution in [3.05, 3.63) is 40.8 Å². The fourth-order valence-corrected chi connectivity index (χ4v) is 2.39. The van der Waals surface area contributed by atoms with Crippen LogP contribution in [0, 0.1) is 5.92 Å². The third-order valence-corrected chi connectivity index (χ3v) is 3.70. The van der Waals surface area contributed by atoms with E-state index in [0.717, 1.165) is 0 Å². The molecule has 0 saturated heterocycles. The van der Waals surface area contributed by atoms with Gasteiger partial charge < -0.3 is 4.42 Å². The lowest BCUT2D eigenvalue weighted by Crippen LogP contribution is -2.25. The van der Waals surface area contributed by atoms with Crippen molar-refractivity contribution in [2.45, 2.75) is 18.7 Å². The highest BCUT2D eigenvalue weighted by Gasteiger charge is 2.15. The van der Waals surface area contributed by atoms with Crippen LogP contribution in [0.5, 0.6) is 0 Å². The Morgan fingerprint density at radius 3 is 2.70 bits per heavy atom. The molecule has 0 fully saturated rings. The first kappa shape index (κ1) is 14.7. The maximum absolute atomic E-state index is 12.0. The molecular formula is C13H15NO5S. The van der Waals surface area contributed by atoms with E-state index in [0.29, 0.717) is 11.0 Å². The van der Waals surface area contributed by atoms with E-state index in [9.17, 15) is 13.2 Å². The smallest absolute Gasteiger partial charge is 0.336 e. The molecule has 0 aliphatic rings.